The maximum absolute atomic E-state index is 9.53. The minimum atomic E-state index is -1.54. The zero-order valence-electron chi connectivity index (χ0n) is 12.2. The second-order valence-corrected chi connectivity index (χ2v) is 5.33. The number of fused-ring (bicyclic) bond motifs is 1. The molecule has 4 nitrogen and oxygen atoms in total. The summed E-state index contributed by atoms with van der Waals surface area (Å²) in [5.74, 6) is -1.54. The van der Waals surface area contributed by atoms with E-state index in [-0.39, 0.29) is 0 Å². The number of hydrogen-bond donors (Lipinski definition) is 0. The van der Waals surface area contributed by atoms with Crippen molar-refractivity contribution in [3.05, 3.63) is 83.9 Å². The average molecular weight is 303 g/mol. The highest BCUT2D eigenvalue weighted by molar-refractivity contribution is 5.83. The van der Waals surface area contributed by atoms with E-state index in [0.29, 0.717) is 5.56 Å². The van der Waals surface area contributed by atoms with Gasteiger partial charge in [0.1, 0.15) is 6.07 Å². The molecule has 0 aromatic heterocycles. The van der Waals surface area contributed by atoms with E-state index in [1.54, 1.807) is 12.1 Å². The highest BCUT2D eigenvalue weighted by Gasteiger charge is 2.46. The molecule has 0 bridgehead atoms. The van der Waals surface area contributed by atoms with E-state index < -0.39 is 12.1 Å². The summed E-state index contributed by atoms with van der Waals surface area (Å²) in [5.41, 5.74) is 1.41. The molecule has 3 aromatic rings. The molecule has 2 atom stereocenters. The van der Waals surface area contributed by atoms with E-state index in [1.807, 2.05) is 60.7 Å². The molecule has 1 saturated heterocycles. The van der Waals surface area contributed by atoms with Crippen molar-refractivity contribution in [1.82, 2.24) is 0 Å². The van der Waals surface area contributed by atoms with Crippen molar-refractivity contribution in [2.75, 3.05) is 0 Å². The first-order valence-corrected chi connectivity index (χ1v) is 7.28. The third kappa shape index (κ3) is 2.37. The zero-order valence-corrected chi connectivity index (χ0v) is 12.2. The summed E-state index contributed by atoms with van der Waals surface area (Å²) in [6, 6.07) is 25.0. The third-order valence-corrected chi connectivity index (χ3v) is 3.87. The van der Waals surface area contributed by atoms with Crippen molar-refractivity contribution in [2.45, 2.75) is 12.1 Å². The molecule has 0 aliphatic carbocycles. The molecule has 1 heterocycles. The fraction of sp³-hybridized carbons (Fsp3) is 0.105. The van der Waals surface area contributed by atoms with Gasteiger partial charge >= 0.3 is 5.79 Å². The Balaban J connectivity index is 1.68. The van der Waals surface area contributed by atoms with Gasteiger partial charge in [-0.25, -0.2) is 0 Å². The lowest BCUT2D eigenvalue weighted by molar-refractivity contribution is -0.321. The highest BCUT2D eigenvalue weighted by Crippen LogP contribution is 2.41. The minimum Gasteiger partial charge on any atom is -0.295 e. The predicted octanol–water partition coefficient (Wildman–Crippen LogP) is 4.19. The predicted molar refractivity (Wildman–Crippen MR) is 83.7 cm³/mol. The largest absolute Gasteiger partial charge is 0.318 e. The summed E-state index contributed by atoms with van der Waals surface area (Å²) in [7, 11) is 0. The molecule has 1 aliphatic rings. The first-order valence-electron chi connectivity index (χ1n) is 7.28. The summed E-state index contributed by atoms with van der Waals surface area (Å²) in [4.78, 5) is 10.6. The van der Waals surface area contributed by atoms with Crippen LogP contribution in [0.2, 0.25) is 0 Å². The van der Waals surface area contributed by atoms with Crippen LogP contribution in [0.3, 0.4) is 0 Å². The molecule has 0 amide bonds. The van der Waals surface area contributed by atoms with Crippen LogP contribution >= 0.6 is 0 Å². The number of ether oxygens (including phenoxy) is 1. The van der Waals surface area contributed by atoms with Crippen LogP contribution in [-0.4, -0.2) is 0 Å². The van der Waals surface area contributed by atoms with E-state index in [0.717, 1.165) is 16.3 Å². The third-order valence-electron chi connectivity index (χ3n) is 3.87. The SMILES string of the molecule is N#C[C@]1(c2ccccc2)OO[C@H](c2ccc3ccccc3c2)O1. The highest BCUT2D eigenvalue weighted by atomic mass is 17.3. The minimum absolute atomic E-state index is 0.603. The summed E-state index contributed by atoms with van der Waals surface area (Å²) in [6.45, 7) is 0. The molecule has 0 N–H and O–H groups in total. The molecule has 4 rings (SSSR count). The summed E-state index contributed by atoms with van der Waals surface area (Å²) in [5, 5.41) is 11.7. The van der Waals surface area contributed by atoms with Crippen LogP contribution in [0.4, 0.5) is 0 Å². The fourth-order valence-corrected chi connectivity index (χ4v) is 2.66. The molecular weight excluding hydrogens is 290 g/mol. The van der Waals surface area contributed by atoms with Crippen molar-refractivity contribution in [2.24, 2.45) is 0 Å². The van der Waals surface area contributed by atoms with Crippen LogP contribution in [-0.2, 0) is 20.3 Å². The van der Waals surface area contributed by atoms with Gasteiger partial charge in [0.05, 0.1) is 0 Å². The zero-order chi connectivity index (χ0) is 15.7. The molecule has 0 saturated carbocycles. The van der Waals surface area contributed by atoms with Crippen molar-refractivity contribution < 1.29 is 14.5 Å². The van der Waals surface area contributed by atoms with Crippen LogP contribution < -0.4 is 0 Å². The van der Waals surface area contributed by atoms with Crippen LogP contribution in [0, 0.1) is 11.3 Å². The first kappa shape index (κ1) is 13.9. The van der Waals surface area contributed by atoms with Crippen LogP contribution in [0.25, 0.3) is 10.8 Å². The lowest BCUT2D eigenvalue weighted by Gasteiger charge is -2.17. The number of benzene rings is 3. The maximum atomic E-state index is 9.53. The van der Waals surface area contributed by atoms with Gasteiger partial charge in [0.15, 0.2) is 0 Å². The van der Waals surface area contributed by atoms with Gasteiger partial charge in [0, 0.05) is 11.1 Å². The molecule has 112 valence electrons. The van der Waals surface area contributed by atoms with Crippen LogP contribution in [0.5, 0.6) is 0 Å². The van der Waals surface area contributed by atoms with Crippen molar-refractivity contribution in [3.63, 3.8) is 0 Å². The van der Waals surface area contributed by atoms with Gasteiger partial charge in [-0.3, -0.25) is 4.74 Å². The molecule has 23 heavy (non-hydrogen) atoms. The molecule has 4 heteroatoms. The Morgan fingerprint density at radius 1 is 0.870 bits per heavy atom. The van der Waals surface area contributed by atoms with E-state index in [9.17, 15) is 5.26 Å². The normalized spacial score (nSPS) is 23.7. The number of rotatable bonds is 2. The molecule has 1 fully saturated rings. The Bertz CT molecular complexity index is 888. The monoisotopic (exact) mass is 303 g/mol. The van der Waals surface area contributed by atoms with E-state index in [4.69, 9.17) is 14.5 Å². The van der Waals surface area contributed by atoms with Gasteiger partial charge in [0.2, 0.25) is 6.29 Å². The Labute approximate surface area is 133 Å². The van der Waals surface area contributed by atoms with E-state index in [2.05, 4.69) is 6.07 Å². The number of hydrogen-bond acceptors (Lipinski definition) is 4. The molecule has 3 aromatic carbocycles. The van der Waals surface area contributed by atoms with Gasteiger partial charge in [0.25, 0.3) is 0 Å². The first-order chi connectivity index (χ1) is 11.3. The molecule has 0 unspecified atom stereocenters. The quantitative estimate of drug-likeness (QED) is 0.666. The van der Waals surface area contributed by atoms with Gasteiger partial charge in [-0.15, -0.1) is 0 Å². The lowest BCUT2D eigenvalue weighted by Crippen LogP contribution is -2.24. The van der Waals surface area contributed by atoms with Crippen molar-refractivity contribution in [3.8, 4) is 6.07 Å². The van der Waals surface area contributed by atoms with Gasteiger partial charge in [-0.05, 0) is 16.8 Å². The fourth-order valence-electron chi connectivity index (χ4n) is 2.66. The standard InChI is InChI=1S/C19H13NO3/c20-13-19(17-8-2-1-3-9-17)21-18(22-23-19)16-11-10-14-6-4-5-7-15(14)12-16/h1-12,18H/t18-,19-/m1/s1. The van der Waals surface area contributed by atoms with E-state index in [1.165, 1.54) is 0 Å². The van der Waals surface area contributed by atoms with Crippen molar-refractivity contribution >= 4 is 10.8 Å². The van der Waals surface area contributed by atoms with Crippen molar-refractivity contribution in [1.29, 1.82) is 5.26 Å². The Morgan fingerprint density at radius 3 is 2.39 bits per heavy atom. The molecule has 1 aliphatic heterocycles. The average Bonchev–Trinajstić information content (AvgIpc) is 3.08. The van der Waals surface area contributed by atoms with Gasteiger partial charge in [-0.2, -0.15) is 15.0 Å². The topological polar surface area (TPSA) is 51.5 Å². The smallest absolute Gasteiger partial charge is 0.295 e. The second kappa shape index (κ2) is 5.49. The number of nitriles is 1. The number of nitrogens with zero attached hydrogens (tertiary/aromatic N) is 1. The van der Waals surface area contributed by atoms with Gasteiger partial charge in [-0.1, -0.05) is 66.7 Å². The Morgan fingerprint density at radius 2 is 1.61 bits per heavy atom. The molecular formula is C19H13NO3. The maximum Gasteiger partial charge on any atom is 0.318 e. The summed E-state index contributed by atoms with van der Waals surface area (Å²) < 4.78 is 5.81. The second-order valence-electron chi connectivity index (χ2n) is 5.33. The van der Waals surface area contributed by atoms with Crippen LogP contribution in [0.1, 0.15) is 17.4 Å². The Hall–Kier alpha value is -2.71. The van der Waals surface area contributed by atoms with Crippen LogP contribution in [0.15, 0.2) is 72.8 Å². The van der Waals surface area contributed by atoms with E-state index >= 15 is 0 Å². The Kier molecular flexibility index (Phi) is 3.32. The molecule has 0 radical (unpaired) electrons. The van der Waals surface area contributed by atoms with Gasteiger partial charge < -0.3 is 0 Å². The lowest BCUT2D eigenvalue weighted by atomic mass is 10.1. The summed E-state index contributed by atoms with van der Waals surface area (Å²) in [6.07, 6.45) is -0.750. The summed E-state index contributed by atoms with van der Waals surface area (Å²) >= 11 is 0. The molecule has 0 spiro atoms.